The first-order valence-corrected chi connectivity index (χ1v) is 6.99. The highest BCUT2D eigenvalue weighted by molar-refractivity contribution is 9.10. The van der Waals surface area contributed by atoms with Gasteiger partial charge in [-0.3, -0.25) is 14.9 Å². The number of non-ortho nitro benzene ring substituents is 1. The Bertz CT molecular complexity index is 477. The number of nitro groups is 1. The number of nitro benzene ring substituents is 1. The normalized spacial score (nSPS) is 11.9. The largest absolute Gasteiger partial charge is 0.350 e. The molecular formula is C13H17BrN2O3. The van der Waals surface area contributed by atoms with Gasteiger partial charge in [-0.2, -0.15) is 0 Å². The van der Waals surface area contributed by atoms with Crippen molar-refractivity contribution in [2.75, 3.05) is 0 Å². The minimum atomic E-state index is -0.510. The maximum absolute atomic E-state index is 12.1. The van der Waals surface area contributed by atoms with Crippen LogP contribution in [-0.4, -0.2) is 16.9 Å². The van der Waals surface area contributed by atoms with Gasteiger partial charge in [0.15, 0.2) is 0 Å². The number of rotatable bonds is 6. The fourth-order valence-electron chi connectivity index (χ4n) is 1.68. The van der Waals surface area contributed by atoms with Gasteiger partial charge in [-0.25, -0.2) is 0 Å². The lowest BCUT2D eigenvalue weighted by Crippen LogP contribution is -2.32. The van der Waals surface area contributed by atoms with Gasteiger partial charge in [0.2, 0.25) is 0 Å². The second-order valence-corrected chi connectivity index (χ2v) is 5.29. The van der Waals surface area contributed by atoms with E-state index in [2.05, 4.69) is 28.2 Å². The molecule has 0 aliphatic heterocycles. The Morgan fingerprint density at radius 2 is 2.21 bits per heavy atom. The molecule has 0 bridgehead atoms. The van der Waals surface area contributed by atoms with Crippen LogP contribution in [0.1, 0.15) is 43.5 Å². The summed E-state index contributed by atoms with van der Waals surface area (Å²) in [5, 5.41) is 13.6. The highest BCUT2D eigenvalue weighted by Crippen LogP contribution is 2.22. The highest BCUT2D eigenvalue weighted by Gasteiger charge is 2.16. The lowest BCUT2D eigenvalue weighted by atomic mass is 10.1. The third-order valence-corrected chi connectivity index (χ3v) is 3.47. The summed E-state index contributed by atoms with van der Waals surface area (Å²) in [6, 6.07) is 4.22. The van der Waals surface area contributed by atoms with Gasteiger partial charge in [-0.15, -0.1) is 0 Å². The van der Waals surface area contributed by atoms with Crippen LogP contribution in [0.5, 0.6) is 0 Å². The molecule has 5 nitrogen and oxygen atoms in total. The average Bonchev–Trinajstić information content (AvgIpc) is 2.36. The molecule has 1 rings (SSSR count). The summed E-state index contributed by atoms with van der Waals surface area (Å²) in [7, 11) is 0. The molecule has 19 heavy (non-hydrogen) atoms. The van der Waals surface area contributed by atoms with Crippen LogP contribution in [0.4, 0.5) is 5.69 Å². The lowest BCUT2D eigenvalue weighted by Gasteiger charge is -2.14. The van der Waals surface area contributed by atoms with Crippen LogP contribution >= 0.6 is 15.9 Å². The number of hydrogen-bond acceptors (Lipinski definition) is 3. The third kappa shape index (κ3) is 4.63. The smallest absolute Gasteiger partial charge is 0.270 e. The number of amides is 1. The molecule has 1 N–H and O–H groups in total. The number of benzene rings is 1. The summed E-state index contributed by atoms with van der Waals surface area (Å²) >= 11 is 3.24. The molecule has 0 saturated heterocycles. The maximum Gasteiger partial charge on any atom is 0.270 e. The van der Waals surface area contributed by atoms with Crippen LogP contribution in [0.25, 0.3) is 0 Å². The van der Waals surface area contributed by atoms with Gasteiger partial charge in [0.25, 0.3) is 11.6 Å². The van der Waals surface area contributed by atoms with Gasteiger partial charge in [0, 0.05) is 22.6 Å². The lowest BCUT2D eigenvalue weighted by molar-refractivity contribution is -0.384. The molecule has 0 radical (unpaired) electrons. The predicted molar refractivity (Wildman–Crippen MR) is 77.2 cm³/mol. The number of nitrogens with one attached hydrogen (secondary N) is 1. The molecule has 0 aliphatic carbocycles. The van der Waals surface area contributed by atoms with Crippen LogP contribution in [0.15, 0.2) is 22.7 Å². The second-order valence-electron chi connectivity index (χ2n) is 4.44. The Hall–Kier alpha value is -1.43. The Kier molecular flexibility index (Phi) is 5.95. The molecule has 0 saturated carbocycles. The Morgan fingerprint density at radius 1 is 1.53 bits per heavy atom. The number of halogens is 1. The number of carbonyl (C=O) groups is 1. The fraction of sp³-hybridized carbons (Fsp3) is 0.462. The van der Waals surface area contributed by atoms with Gasteiger partial charge in [-0.1, -0.05) is 19.8 Å². The van der Waals surface area contributed by atoms with E-state index in [4.69, 9.17) is 0 Å². The van der Waals surface area contributed by atoms with Crippen LogP contribution in [0, 0.1) is 10.1 Å². The van der Waals surface area contributed by atoms with Crippen LogP contribution in [-0.2, 0) is 0 Å². The van der Waals surface area contributed by atoms with Crippen molar-refractivity contribution in [2.45, 2.75) is 39.2 Å². The van der Waals surface area contributed by atoms with Gasteiger partial charge in [0.1, 0.15) is 0 Å². The first-order chi connectivity index (χ1) is 8.95. The summed E-state index contributed by atoms with van der Waals surface area (Å²) in [5.74, 6) is -0.292. The van der Waals surface area contributed by atoms with E-state index in [-0.39, 0.29) is 23.2 Å². The van der Waals surface area contributed by atoms with E-state index in [0.717, 1.165) is 19.3 Å². The molecule has 0 fully saturated rings. The Labute approximate surface area is 120 Å². The molecule has 1 aromatic carbocycles. The summed E-state index contributed by atoms with van der Waals surface area (Å²) in [4.78, 5) is 22.2. The summed E-state index contributed by atoms with van der Waals surface area (Å²) in [6.07, 6.45) is 3.01. The molecular weight excluding hydrogens is 312 g/mol. The van der Waals surface area contributed by atoms with Crippen molar-refractivity contribution in [3.63, 3.8) is 0 Å². The van der Waals surface area contributed by atoms with E-state index >= 15 is 0 Å². The van der Waals surface area contributed by atoms with Gasteiger partial charge in [0.05, 0.1) is 10.5 Å². The van der Waals surface area contributed by atoms with Gasteiger partial charge in [-0.05, 0) is 35.3 Å². The quantitative estimate of drug-likeness (QED) is 0.639. The van der Waals surface area contributed by atoms with E-state index in [0.29, 0.717) is 4.47 Å². The van der Waals surface area contributed by atoms with E-state index in [1.165, 1.54) is 18.2 Å². The fourth-order valence-corrected chi connectivity index (χ4v) is 2.11. The SMILES string of the molecule is CCCCC(C)NC(=O)c1cc([N+](=O)[O-])ccc1Br. The van der Waals surface area contributed by atoms with Crippen molar-refractivity contribution in [3.8, 4) is 0 Å². The topological polar surface area (TPSA) is 72.2 Å². The van der Waals surface area contributed by atoms with Crippen LogP contribution in [0.3, 0.4) is 0 Å². The highest BCUT2D eigenvalue weighted by atomic mass is 79.9. The Balaban J connectivity index is 2.81. The summed E-state index contributed by atoms with van der Waals surface area (Å²) < 4.78 is 0.554. The zero-order valence-electron chi connectivity index (χ0n) is 11.0. The minimum absolute atomic E-state index is 0.0543. The number of hydrogen-bond donors (Lipinski definition) is 1. The predicted octanol–water partition coefficient (Wildman–Crippen LogP) is 3.67. The van der Waals surface area contributed by atoms with Crippen molar-refractivity contribution in [1.82, 2.24) is 5.32 Å². The van der Waals surface area contributed by atoms with Crippen molar-refractivity contribution in [1.29, 1.82) is 0 Å². The van der Waals surface area contributed by atoms with Crippen molar-refractivity contribution >= 4 is 27.5 Å². The molecule has 104 valence electrons. The third-order valence-electron chi connectivity index (χ3n) is 2.77. The molecule has 0 heterocycles. The Morgan fingerprint density at radius 3 is 2.79 bits per heavy atom. The maximum atomic E-state index is 12.1. The molecule has 1 atom stereocenters. The first-order valence-electron chi connectivity index (χ1n) is 6.20. The number of carbonyl (C=O) groups excluding carboxylic acids is 1. The average molecular weight is 329 g/mol. The van der Waals surface area contributed by atoms with E-state index in [9.17, 15) is 14.9 Å². The van der Waals surface area contributed by atoms with Crippen molar-refractivity contribution in [2.24, 2.45) is 0 Å². The van der Waals surface area contributed by atoms with Crippen molar-refractivity contribution < 1.29 is 9.72 Å². The standard InChI is InChI=1S/C13H17BrN2O3/c1-3-4-5-9(2)15-13(17)11-8-10(16(18)19)6-7-12(11)14/h6-9H,3-5H2,1-2H3,(H,15,17). The molecule has 1 amide bonds. The molecule has 6 heteroatoms. The van der Waals surface area contributed by atoms with Crippen molar-refractivity contribution in [3.05, 3.63) is 38.3 Å². The van der Waals surface area contributed by atoms with E-state index in [1.54, 1.807) is 0 Å². The monoisotopic (exact) mass is 328 g/mol. The first kappa shape index (κ1) is 15.6. The minimum Gasteiger partial charge on any atom is -0.350 e. The summed E-state index contributed by atoms with van der Waals surface area (Å²) in [5.41, 5.74) is 0.201. The second kappa shape index (κ2) is 7.23. The van der Waals surface area contributed by atoms with Crippen LogP contribution in [0.2, 0.25) is 0 Å². The molecule has 1 aromatic rings. The van der Waals surface area contributed by atoms with Crippen LogP contribution < -0.4 is 5.32 Å². The molecule has 1 unspecified atom stereocenters. The zero-order valence-corrected chi connectivity index (χ0v) is 12.6. The number of unbranched alkanes of at least 4 members (excludes halogenated alkanes) is 1. The van der Waals surface area contributed by atoms with Gasteiger partial charge < -0.3 is 5.32 Å². The zero-order chi connectivity index (χ0) is 14.4. The van der Waals surface area contributed by atoms with E-state index < -0.39 is 4.92 Å². The molecule has 0 spiro atoms. The van der Waals surface area contributed by atoms with Gasteiger partial charge >= 0.3 is 0 Å². The molecule has 0 aliphatic rings. The molecule has 0 aromatic heterocycles. The summed E-state index contributed by atoms with van der Waals surface area (Å²) in [6.45, 7) is 4.02. The van der Waals surface area contributed by atoms with E-state index in [1.807, 2.05) is 6.92 Å². The number of nitrogens with zero attached hydrogens (tertiary/aromatic N) is 1.